The zero-order chi connectivity index (χ0) is 26.9. The van der Waals surface area contributed by atoms with E-state index < -0.39 is 40.5 Å². The van der Waals surface area contributed by atoms with E-state index in [1.807, 2.05) is 0 Å². The van der Waals surface area contributed by atoms with Crippen molar-refractivity contribution in [2.24, 2.45) is 15.7 Å². The van der Waals surface area contributed by atoms with E-state index in [4.69, 9.17) is 17.3 Å². The Morgan fingerprint density at radius 1 is 1.28 bits per heavy atom. The standard InChI is InChI=1S/C20H20ClF3N8O3S/c1-3-14(31-16(33)5-25)29-9-26-8-17(34)30-10(2)19-28-7-13(36-19)18(35)32-15-4-11(20(22,23)24)12(21)6-27-15/h3-4,6-7,9-10H,1,5,8,25H2,2H3,(H,30,34)(H,27,32,35)(H,26,29,31,33). The Kier molecular flexibility index (Phi) is 10.2. The van der Waals surface area contributed by atoms with Crippen LogP contribution in [-0.4, -0.2) is 53.0 Å². The average Bonchev–Trinajstić information content (AvgIpc) is 3.32. The van der Waals surface area contributed by atoms with Gasteiger partial charge in [0.1, 0.15) is 34.4 Å². The van der Waals surface area contributed by atoms with Crippen molar-refractivity contribution in [1.82, 2.24) is 20.6 Å². The fourth-order valence-corrected chi connectivity index (χ4v) is 3.43. The number of nitrogens with one attached hydrogen (secondary N) is 3. The van der Waals surface area contributed by atoms with Crippen LogP contribution >= 0.6 is 22.9 Å². The highest BCUT2D eigenvalue weighted by molar-refractivity contribution is 7.13. The minimum atomic E-state index is -4.71. The molecule has 1 atom stereocenters. The Balaban J connectivity index is 1.94. The summed E-state index contributed by atoms with van der Waals surface area (Å²) in [6.07, 6.45) is -0.361. The number of anilines is 1. The van der Waals surface area contributed by atoms with Gasteiger partial charge in [0.2, 0.25) is 11.8 Å². The van der Waals surface area contributed by atoms with Gasteiger partial charge in [-0.25, -0.2) is 15.0 Å². The fourth-order valence-electron chi connectivity index (χ4n) is 2.40. The molecule has 0 aliphatic rings. The van der Waals surface area contributed by atoms with Crippen LogP contribution < -0.4 is 21.7 Å². The number of hydrogen-bond donors (Lipinski definition) is 4. The monoisotopic (exact) mass is 544 g/mol. The van der Waals surface area contributed by atoms with E-state index in [0.29, 0.717) is 11.1 Å². The first kappa shape index (κ1) is 28.5. The van der Waals surface area contributed by atoms with Crippen molar-refractivity contribution in [1.29, 1.82) is 0 Å². The summed E-state index contributed by atoms with van der Waals surface area (Å²) in [7, 11) is 0. The van der Waals surface area contributed by atoms with Gasteiger partial charge in [0.25, 0.3) is 5.91 Å². The smallest absolute Gasteiger partial charge is 0.346 e. The summed E-state index contributed by atoms with van der Waals surface area (Å²) in [6, 6.07) is 0.0283. The lowest BCUT2D eigenvalue weighted by molar-refractivity contribution is -0.137. The van der Waals surface area contributed by atoms with Crippen molar-refractivity contribution in [3.8, 4) is 0 Å². The largest absolute Gasteiger partial charge is 0.418 e. The van der Waals surface area contributed by atoms with Crippen LogP contribution in [0.2, 0.25) is 5.02 Å². The molecule has 1 unspecified atom stereocenters. The fraction of sp³-hybridized carbons (Fsp3) is 0.250. The van der Waals surface area contributed by atoms with Crippen molar-refractivity contribution in [3.63, 3.8) is 0 Å². The maximum atomic E-state index is 13.0. The number of thiazole rings is 1. The molecule has 0 aliphatic heterocycles. The lowest BCUT2D eigenvalue weighted by Gasteiger charge is -2.10. The average molecular weight is 545 g/mol. The normalized spacial score (nSPS) is 12.8. The molecular formula is C20H20ClF3N8O3S. The van der Waals surface area contributed by atoms with Crippen LogP contribution in [0.1, 0.15) is 33.2 Å². The van der Waals surface area contributed by atoms with E-state index in [2.05, 4.69) is 42.5 Å². The molecule has 192 valence electrons. The number of halogens is 4. The number of hydrogen-bond acceptors (Lipinski definition) is 8. The zero-order valence-corrected chi connectivity index (χ0v) is 20.2. The Hall–Kier alpha value is -3.69. The zero-order valence-electron chi connectivity index (χ0n) is 18.6. The molecule has 0 aliphatic carbocycles. The van der Waals surface area contributed by atoms with E-state index in [0.717, 1.165) is 23.9 Å². The maximum Gasteiger partial charge on any atom is 0.418 e. The predicted octanol–water partition coefficient (Wildman–Crippen LogP) is 2.33. The van der Waals surface area contributed by atoms with Crippen LogP contribution in [0.15, 0.2) is 41.1 Å². The summed E-state index contributed by atoms with van der Waals surface area (Å²) in [5.41, 5.74) is 4.05. The molecule has 16 heteroatoms. The summed E-state index contributed by atoms with van der Waals surface area (Å²) in [6.45, 7) is 4.57. The molecule has 2 rings (SSSR count). The van der Waals surface area contributed by atoms with E-state index >= 15 is 0 Å². The van der Waals surface area contributed by atoms with Gasteiger partial charge >= 0.3 is 6.18 Å². The number of amidine groups is 1. The number of carbonyl (C=O) groups excluding carboxylic acids is 3. The van der Waals surface area contributed by atoms with Crippen molar-refractivity contribution in [2.75, 3.05) is 18.4 Å². The Labute approximate surface area is 211 Å². The minimum absolute atomic E-state index is 0.0836. The van der Waals surface area contributed by atoms with Crippen LogP contribution in [0.5, 0.6) is 0 Å². The number of alkyl halides is 3. The first-order chi connectivity index (χ1) is 16.9. The Morgan fingerprint density at radius 2 is 2.00 bits per heavy atom. The molecule has 0 bridgehead atoms. The van der Waals surface area contributed by atoms with Crippen molar-refractivity contribution in [2.45, 2.75) is 19.1 Å². The summed E-state index contributed by atoms with van der Waals surface area (Å²) in [4.78, 5) is 51.2. The number of nitrogens with two attached hydrogens (primary N) is 1. The third-order valence-electron chi connectivity index (χ3n) is 4.06. The molecule has 0 saturated carbocycles. The second-order valence-electron chi connectivity index (χ2n) is 6.78. The van der Waals surface area contributed by atoms with Crippen LogP contribution in [0.4, 0.5) is 19.0 Å². The van der Waals surface area contributed by atoms with Crippen LogP contribution in [0.3, 0.4) is 0 Å². The second-order valence-corrected chi connectivity index (χ2v) is 8.25. The SMILES string of the molecule is C=C/C(=N\C=N/CC(=O)NC(C)c1ncc(C(=O)Nc2cc(C(F)(F)F)c(Cl)cn2)s1)NC(=O)CN. The first-order valence-electron chi connectivity index (χ1n) is 9.92. The number of aromatic nitrogens is 2. The van der Waals surface area contributed by atoms with Gasteiger partial charge in [-0.15, -0.1) is 11.3 Å². The molecule has 2 aromatic rings. The van der Waals surface area contributed by atoms with Gasteiger partial charge in [-0.05, 0) is 19.1 Å². The third-order valence-corrected chi connectivity index (χ3v) is 5.54. The van der Waals surface area contributed by atoms with Crippen LogP contribution in [-0.2, 0) is 15.8 Å². The molecule has 2 heterocycles. The first-order valence-corrected chi connectivity index (χ1v) is 11.1. The van der Waals surface area contributed by atoms with Gasteiger partial charge in [0.05, 0.1) is 29.4 Å². The highest BCUT2D eigenvalue weighted by Crippen LogP contribution is 2.35. The highest BCUT2D eigenvalue weighted by Gasteiger charge is 2.34. The highest BCUT2D eigenvalue weighted by atomic mass is 35.5. The number of carbonyl (C=O) groups is 3. The van der Waals surface area contributed by atoms with Gasteiger partial charge < -0.3 is 21.7 Å². The lowest BCUT2D eigenvalue weighted by atomic mass is 10.2. The van der Waals surface area contributed by atoms with E-state index in [1.165, 1.54) is 12.3 Å². The molecule has 11 nitrogen and oxygen atoms in total. The van der Waals surface area contributed by atoms with Crippen molar-refractivity contribution in [3.05, 3.63) is 51.6 Å². The van der Waals surface area contributed by atoms with E-state index in [-0.39, 0.29) is 29.6 Å². The summed E-state index contributed by atoms with van der Waals surface area (Å²) < 4.78 is 39.0. The van der Waals surface area contributed by atoms with Crippen LogP contribution in [0, 0.1) is 0 Å². The Bertz CT molecular complexity index is 1200. The van der Waals surface area contributed by atoms with Gasteiger partial charge in [0.15, 0.2) is 0 Å². The van der Waals surface area contributed by atoms with Gasteiger partial charge in [-0.2, -0.15) is 13.2 Å². The number of amides is 3. The maximum absolute atomic E-state index is 13.0. The predicted molar refractivity (Wildman–Crippen MR) is 129 cm³/mol. The quantitative estimate of drug-likeness (QED) is 0.279. The molecule has 0 radical (unpaired) electrons. The molecule has 0 saturated heterocycles. The van der Waals surface area contributed by atoms with E-state index in [1.54, 1.807) is 6.92 Å². The minimum Gasteiger partial charge on any atom is -0.346 e. The third kappa shape index (κ3) is 8.51. The number of pyridine rings is 1. The van der Waals surface area contributed by atoms with Crippen molar-refractivity contribution >= 4 is 58.7 Å². The number of nitrogens with zero attached hydrogens (tertiary/aromatic N) is 4. The molecule has 3 amide bonds. The molecule has 0 aromatic carbocycles. The lowest BCUT2D eigenvalue weighted by Crippen LogP contribution is -2.34. The Morgan fingerprint density at radius 3 is 2.64 bits per heavy atom. The molecule has 5 N–H and O–H groups in total. The molecular weight excluding hydrogens is 525 g/mol. The molecule has 2 aromatic heterocycles. The van der Waals surface area contributed by atoms with Gasteiger partial charge in [-0.3, -0.25) is 19.4 Å². The second kappa shape index (κ2) is 12.9. The van der Waals surface area contributed by atoms with Crippen LogP contribution in [0.25, 0.3) is 0 Å². The van der Waals surface area contributed by atoms with E-state index in [9.17, 15) is 27.6 Å². The van der Waals surface area contributed by atoms with Gasteiger partial charge in [-0.1, -0.05) is 18.2 Å². The van der Waals surface area contributed by atoms with Crippen molar-refractivity contribution < 1.29 is 27.6 Å². The topological polar surface area (TPSA) is 164 Å². The number of rotatable bonds is 9. The number of aliphatic imine (C=N–C) groups is 2. The summed E-state index contributed by atoms with van der Waals surface area (Å²) in [5.74, 6) is -1.91. The molecule has 36 heavy (non-hydrogen) atoms. The summed E-state index contributed by atoms with van der Waals surface area (Å²) in [5, 5.41) is 7.03. The molecule has 0 fully saturated rings. The molecule has 0 spiro atoms. The summed E-state index contributed by atoms with van der Waals surface area (Å²) >= 11 is 6.45. The van der Waals surface area contributed by atoms with Gasteiger partial charge in [0, 0.05) is 6.20 Å².